The largest absolute Gasteiger partial charge is 0.355 e. The molecule has 0 aliphatic heterocycles. The highest BCUT2D eigenvalue weighted by Gasteiger charge is 2.22. The topological polar surface area (TPSA) is 87.3 Å². The van der Waals surface area contributed by atoms with Crippen LogP contribution >= 0.6 is 11.6 Å². The summed E-state index contributed by atoms with van der Waals surface area (Å²) in [7, 11) is 0. The molecule has 3 amide bonds. The van der Waals surface area contributed by atoms with Gasteiger partial charge in [0.2, 0.25) is 17.7 Å². The minimum atomic E-state index is -0.232. The lowest BCUT2D eigenvalue weighted by Crippen LogP contribution is -2.39. The smallest absolute Gasteiger partial charge is 0.239 e. The van der Waals surface area contributed by atoms with E-state index in [1.54, 1.807) is 24.3 Å². The average molecular weight is 366 g/mol. The van der Waals surface area contributed by atoms with Crippen LogP contribution in [0.25, 0.3) is 0 Å². The van der Waals surface area contributed by atoms with Crippen molar-refractivity contribution in [3.05, 3.63) is 29.3 Å². The summed E-state index contributed by atoms with van der Waals surface area (Å²) in [5, 5.41) is 8.75. The number of benzene rings is 1. The summed E-state index contributed by atoms with van der Waals surface area (Å²) >= 11 is 5.78. The van der Waals surface area contributed by atoms with Crippen LogP contribution in [0, 0.1) is 5.92 Å². The fourth-order valence-electron chi connectivity index (χ4n) is 2.80. The van der Waals surface area contributed by atoms with Crippen LogP contribution in [0.1, 0.15) is 38.5 Å². The van der Waals surface area contributed by atoms with E-state index in [9.17, 15) is 14.4 Å². The summed E-state index contributed by atoms with van der Waals surface area (Å²) < 4.78 is 0. The maximum atomic E-state index is 11.8. The zero-order chi connectivity index (χ0) is 18.1. The molecule has 0 spiro atoms. The molecule has 1 saturated carbocycles. The van der Waals surface area contributed by atoms with Crippen LogP contribution < -0.4 is 16.0 Å². The van der Waals surface area contributed by atoms with E-state index in [2.05, 4.69) is 16.0 Å². The third-order valence-electron chi connectivity index (χ3n) is 4.18. The van der Waals surface area contributed by atoms with Gasteiger partial charge in [-0.1, -0.05) is 24.4 Å². The predicted octanol–water partition coefficient (Wildman–Crippen LogP) is 2.48. The maximum Gasteiger partial charge on any atom is 0.239 e. The SMILES string of the molecule is O=C(CNC(=O)C1CCCC1)NCCCC(=O)Nc1ccc(Cl)cc1. The second-order valence-corrected chi connectivity index (χ2v) is 6.64. The molecule has 6 nitrogen and oxygen atoms in total. The Labute approximate surface area is 152 Å². The van der Waals surface area contributed by atoms with Crippen LogP contribution in [0.2, 0.25) is 5.02 Å². The Bertz CT molecular complexity index is 598. The molecule has 25 heavy (non-hydrogen) atoms. The van der Waals surface area contributed by atoms with E-state index in [-0.39, 0.29) is 30.2 Å². The normalized spacial score (nSPS) is 14.1. The first kappa shape index (κ1) is 19.2. The van der Waals surface area contributed by atoms with E-state index in [4.69, 9.17) is 11.6 Å². The number of carbonyl (C=O) groups excluding carboxylic acids is 3. The van der Waals surface area contributed by atoms with Gasteiger partial charge < -0.3 is 16.0 Å². The number of hydrogen-bond donors (Lipinski definition) is 3. The van der Waals surface area contributed by atoms with Crippen LogP contribution in [0.15, 0.2) is 24.3 Å². The van der Waals surface area contributed by atoms with Gasteiger partial charge in [0.1, 0.15) is 0 Å². The summed E-state index contributed by atoms with van der Waals surface area (Å²) in [4.78, 5) is 35.3. The fourth-order valence-corrected chi connectivity index (χ4v) is 2.92. The zero-order valence-corrected chi connectivity index (χ0v) is 14.9. The van der Waals surface area contributed by atoms with Crippen LogP contribution in [0.5, 0.6) is 0 Å². The van der Waals surface area contributed by atoms with E-state index >= 15 is 0 Å². The third kappa shape index (κ3) is 7.13. The van der Waals surface area contributed by atoms with Gasteiger partial charge >= 0.3 is 0 Å². The molecular weight excluding hydrogens is 342 g/mol. The summed E-state index contributed by atoms with van der Waals surface area (Å²) in [5.41, 5.74) is 0.688. The van der Waals surface area contributed by atoms with Crippen molar-refractivity contribution >= 4 is 35.0 Å². The van der Waals surface area contributed by atoms with Crippen LogP contribution in [-0.2, 0) is 14.4 Å². The minimum Gasteiger partial charge on any atom is -0.355 e. The molecule has 0 saturated heterocycles. The number of carbonyl (C=O) groups is 3. The number of halogens is 1. The van der Waals surface area contributed by atoms with Gasteiger partial charge in [-0.05, 0) is 43.5 Å². The molecule has 1 aromatic carbocycles. The van der Waals surface area contributed by atoms with Crippen molar-refractivity contribution in [1.29, 1.82) is 0 Å². The van der Waals surface area contributed by atoms with Gasteiger partial charge in [-0.15, -0.1) is 0 Å². The summed E-state index contributed by atoms with van der Waals surface area (Å²) in [5.74, 6) is -0.324. The Balaban J connectivity index is 1.54. The fraction of sp³-hybridized carbons (Fsp3) is 0.500. The molecule has 1 aliphatic carbocycles. The number of rotatable bonds is 8. The Kier molecular flexibility index (Phi) is 7.73. The van der Waals surface area contributed by atoms with Crippen molar-refractivity contribution in [2.75, 3.05) is 18.4 Å². The highest BCUT2D eigenvalue weighted by molar-refractivity contribution is 6.30. The average Bonchev–Trinajstić information content (AvgIpc) is 3.13. The second-order valence-electron chi connectivity index (χ2n) is 6.21. The molecule has 3 N–H and O–H groups in total. The van der Waals surface area contributed by atoms with Crippen molar-refractivity contribution in [1.82, 2.24) is 10.6 Å². The molecule has 0 heterocycles. The number of hydrogen-bond acceptors (Lipinski definition) is 3. The second kappa shape index (κ2) is 10.0. The molecule has 0 unspecified atom stereocenters. The Morgan fingerprint density at radius 1 is 1.00 bits per heavy atom. The number of amides is 3. The van der Waals surface area contributed by atoms with E-state index in [1.165, 1.54) is 0 Å². The van der Waals surface area contributed by atoms with Crippen molar-refractivity contribution in [3.8, 4) is 0 Å². The summed E-state index contributed by atoms with van der Waals surface area (Å²) in [6, 6.07) is 6.87. The molecule has 7 heteroatoms. The van der Waals surface area contributed by atoms with Crippen molar-refractivity contribution in [2.45, 2.75) is 38.5 Å². The molecule has 1 fully saturated rings. The molecule has 0 radical (unpaired) electrons. The minimum absolute atomic E-state index is 0.00763. The lowest BCUT2D eigenvalue weighted by atomic mass is 10.1. The molecule has 1 aliphatic rings. The monoisotopic (exact) mass is 365 g/mol. The van der Waals surface area contributed by atoms with Gasteiger partial charge in [0.05, 0.1) is 6.54 Å². The van der Waals surface area contributed by atoms with Gasteiger partial charge in [-0.3, -0.25) is 14.4 Å². The van der Waals surface area contributed by atoms with E-state index in [1.807, 2.05) is 0 Å². The lowest BCUT2D eigenvalue weighted by molar-refractivity contribution is -0.128. The lowest BCUT2D eigenvalue weighted by Gasteiger charge is -2.10. The highest BCUT2D eigenvalue weighted by atomic mass is 35.5. The van der Waals surface area contributed by atoms with Crippen LogP contribution in [-0.4, -0.2) is 30.8 Å². The molecule has 0 atom stereocenters. The maximum absolute atomic E-state index is 11.8. The van der Waals surface area contributed by atoms with Gasteiger partial charge in [-0.2, -0.15) is 0 Å². The Morgan fingerprint density at radius 2 is 1.68 bits per heavy atom. The van der Waals surface area contributed by atoms with Gasteiger partial charge in [0, 0.05) is 29.6 Å². The quantitative estimate of drug-likeness (QED) is 0.618. The summed E-state index contributed by atoms with van der Waals surface area (Å²) in [6.07, 6.45) is 4.83. The van der Waals surface area contributed by atoms with Crippen molar-refractivity contribution in [2.24, 2.45) is 5.92 Å². The first-order valence-corrected chi connectivity index (χ1v) is 9.02. The van der Waals surface area contributed by atoms with Gasteiger partial charge in [-0.25, -0.2) is 0 Å². The van der Waals surface area contributed by atoms with Crippen LogP contribution in [0.4, 0.5) is 5.69 Å². The highest BCUT2D eigenvalue weighted by Crippen LogP contribution is 2.24. The van der Waals surface area contributed by atoms with Gasteiger partial charge in [0.25, 0.3) is 0 Å². The Hall–Kier alpha value is -2.08. The molecule has 136 valence electrons. The van der Waals surface area contributed by atoms with Gasteiger partial charge in [0.15, 0.2) is 0 Å². The molecule has 0 bridgehead atoms. The van der Waals surface area contributed by atoms with Crippen molar-refractivity contribution < 1.29 is 14.4 Å². The third-order valence-corrected chi connectivity index (χ3v) is 4.43. The molecule has 2 rings (SSSR count). The molecule has 0 aromatic heterocycles. The predicted molar refractivity (Wildman–Crippen MR) is 97.3 cm³/mol. The standard InChI is InChI=1S/C18H24ClN3O3/c19-14-7-9-15(10-8-14)22-16(23)6-3-11-20-17(24)12-21-18(25)13-4-1-2-5-13/h7-10,13H,1-6,11-12H2,(H,20,24)(H,21,25)(H,22,23). The van der Waals surface area contributed by atoms with E-state index in [0.717, 1.165) is 25.7 Å². The van der Waals surface area contributed by atoms with Crippen molar-refractivity contribution in [3.63, 3.8) is 0 Å². The van der Waals surface area contributed by atoms with E-state index in [0.29, 0.717) is 30.1 Å². The number of anilines is 1. The first-order chi connectivity index (χ1) is 12.0. The molecule has 1 aromatic rings. The molecular formula is C18H24ClN3O3. The summed E-state index contributed by atoms with van der Waals surface area (Å²) in [6.45, 7) is 0.387. The van der Waals surface area contributed by atoms with Crippen LogP contribution in [0.3, 0.4) is 0 Å². The Morgan fingerprint density at radius 3 is 2.36 bits per heavy atom. The van der Waals surface area contributed by atoms with E-state index < -0.39 is 0 Å². The first-order valence-electron chi connectivity index (χ1n) is 8.64. The number of nitrogens with one attached hydrogen (secondary N) is 3. The zero-order valence-electron chi connectivity index (χ0n) is 14.1.